The summed E-state index contributed by atoms with van der Waals surface area (Å²) in [6.07, 6.45) is 3.07. The molecule has 3 aromatic rings. The highest BCUT2D eigenvalue weighted by Gasteiger charge is 2.18. The number of nitrogens with zero attached hydrogens (tertiary/aromatic N) is 5. The second kappa shape index (κ2) is 7.07. The fourth-order valence-corrected chi connectivity index (χ4v) is 2.80. The zero-order chi connectivity index (χ0) is 18.8. The highest BCUT2D eigenvalue weighted by molar-refractivity contribution is 5.76. The topological polar surface area (TPSA) is 73.0 Å². The molecule has 2 heterocycles. The van der Waals surface area contributed by atoms with Crippen molar-refractivity contribution in [3.8, 4) is 0 Å². The molecular weight excluding hydrogens is 337 g/mol. The number of amides is 1. The van der Waals surface area contributed by atoms with Crippen molar-refractivity contribution in [1.29, 1.82) is 0 Å². The van der Waals surface area contributed by atoms with Crippen LogP contribution in [0.15, 0.2) is 41.6 Å². The third-order valence-electron chi connectivity index (χ3n) is 4.61. The molecule has 0 aliphatic rings. The van der Waals surface area contributed by atoms with Gasteiger partial charge in [-0.3, -0.25) is 18.8 Å². The number of halogens is 1. The lowest BCUT2D eigenvalue weighted by molar-refractivity contribution is -0.132. The molecule has 26 heavy (non-hydrogen) atoms. The third-order valence-corrected chi connectivity index (χ3v) is 4.61. The van der Waals surface area contributed by atoms with E-state index in [1.807, 2.05) is 6.92 Å². The highest BCUT2D eigenvalue weighted by atomic mass is 19.1. The first-order valence-corrected chi connectivity index (χ1v) is 8.26. The molecule has 0 aliphatic carbocycles. The number of aryl methyl sites for hydroxylation is 2. The molecule has 136 valence electrons. The molecule has 2 aromatic heterocycles. The minimum absolute atomic E-state index is 0.111. The van der Waals surface area contributed by atoms with Gasteiger partial charge >= 0.3 is 0 Å². The molecule has 0 saturated carbocycles. The van der Waals surface area contributed by atoms with Gasteiger partial charge in [0.2, 0.25) is 5.91 Å². The van der Waals surface area contributed by atoms with Crippen molar-refractivity contribution in [2.45, 2.75) is 25.9 Å². The van der Waals surface area contributed by atoms with Crippen LogP contribution in [0.4, 0.5) is 4.39 Å². The molecule has 0 radical (unpaired) electrons. The number of hydrogen-bond acceptors (Lipinski definition) is 4. The number of carbonyl (C=O) groups excluding carboxylic acids is 1. The maximum absolute atomic E-state index is 13.0. The van der Waals surface area contributed by atoms with Gasteiger partial charge in [-0.1, -0.05) is 12.1 Å². The van der Waals surface area contributed by atoms with Gasteiger partial charge in [0.15, 0.2) is 5.65 Å². The summed E-state index contributed by atoms with van der Waals surface area (Å²) in [6, 6.07) is 5.87. The van der Waals surface area contributed by atoms with Crippen molar-refractivity contribution in [2.24, 2.45) is 7.05 Å². The Labute approximate surface area is 149 Å². The van der Waals surface area contributed by atoms with Crippen LogP contribution in [0.2, 0.25) is 0 Å². The van der Waals surface area contributed by atoms with Crippen molar-refractivity contribution >= 4 is 16.9 Å². The van der Waals surface area contributed by atoms with E-state index in [0.29, 0.717) is 11.0 Å². The highest BCUT2D eigenvalue weighted by Crippen LogP contribution is 2.19. The van der Waals surface area contributed by atoms with Crippen LogP contribution in [0.5, 0.6) is 0 Å². The predicted molar refractivity (Wildman–Crippen MR) is 95.0 cm³/mol. The Morgan fingerprint density at radius 2 is 2.00 bits per heavy atom. The van der Waals surface area contributed by atoms with Crippen molar-refractivity contribution in [2.75, 3.05) is 7.05 Å². The summed E-state index contributed by atoms with van der Waals surface area (Å²) in [4.78, 5) is 30.7. The lowest BCUT2D eigenvalue weighted by Crippen LogP contribution is -2.31. The van der Waals surface area contributed by atoms with E-state index in [2.05, 4.69) is 10.1 Å². The van der Waals surface area contributed by atoms with E-state index in [-0.39, 0.29) is 36.3 Å². The molecule has 0 fully saturated rings. The Kier molecular flexibility index (Phi) is 4.83. The molecule has 0 N–H and O–H groups in total. The Morgan fingerprint density at radius 1 is 1.31 bits per heavy atom. The summed E-state index contributed by atoms with van der Waals surface area (Å²) in [5, 5.41) is 4.45. The quantitative estimate of drug-likeness (QED) is 0.699. The average Bonchev–Trinajstić information content (AvgIpc) is 3.02. The summed E-state index contributed by atoms with van der Waals surface area (Å²) >= 11 is 0. The van der Waals surface area contributed by atoms with Crippen molar-refractivity contribution in [3.05, 3.63) is 58.5 Å². The van der Waals surface area contributed by atoms with Crippen molar-refractivity contribution in [3.63, 3.8) is 0 Å². The van der Waals surface area contributed by atoms with Gasteiger partial charge in [-0.25, -0.2) is 9.37 Å². The van der Waals surface area contributed by atoms with Crippen LogP contribution in [-0.4, -0.2) is 37.2 Å². The molecule has 0 spiro atoms. The van der Waals surface area contributed by atoms with Gasteiger partial charge in [0.05, 0.1) is 18.6 Å². The van der Waals surface area contributed by atoms with E-state index < -0.39 is 0 Å². The van der Waals surface area contributed by atoms with E-state index in [4.69, 9.17) is 0 Å². The SMILES string of the molecule is CC(c1ccc(F)cc1)N(C)C(=O)CCn1cnc2c(cnn2C)c1=O. The van der Waals surface area contributed by atoms with E-state index in [9.17, 15) is 14.0 Å². The van der Waals surface area contributed by atoms with Crippen LogP contribution in [0.1, 0.15) is 24.9 Å². The molecule has 3 rings (SSSR count). The molecule has 1 unspecified atom stereocenters. The smallest absolute Gasteiger partial charge is 0.264 e. The first kappa shape index (κ1) is 17.8. The molecule has 7 nitrogen and oxygen atoms in total. The van der Waals surface area contributed by atoms with Crippen molar-refractivity contribution in [1.82, 2.24) is 24.2 Å². The molecule has 8 heteroatoms. The minimum Gasteiger partial charge on any atom is -0.339 e. The maximum Gasteiger partial charge on any atom is 0.264 e. The Hall–Kier alpha value is -3.03. The lowest BCUT2D eigenvalue weighted by atomic mass is 10.1. The van der Waals surface area contributed by atoms with E-state index in [1.165, 1.54) is 33.9 Å². The van der Waals surface area contributed by atoms with Crippen LogP contribution in [0.25, 0.3) is 11.0 Å². The van der Waals surface area contributed by atoms with Gasteiger partial charge in [0.1, 0.15) is 11.2 Å². The molecule has 1 atom stereocenters. The number of benzene rings is 1. The summed E-state index contributed by atoms with van der Waals surface area (Å²) < 4.78 is 16.0. The second-order valence-electron chi connectivity index (χ2n) is 6.23. The molecular formula is C18H20FN5O2. The first-order valence-electron chi connectivity index (χ1n) is 8.26. The summed E-state index contributed by atoms with van der Waals surface area (Å²) in [7, 11) is 3.41. The normalized spacial score (nSPS) is 12.3. The van der Waals surface area contributed by atoms with Gasteiger partial charge < -0.3 is 4.90 Å². The predicted octanol–water partition coefficient (Wildman–Crippen LogP) is 1.88. The fraction of sp³-hybridized carbons (Fsp3) is 0.333. The first-order chi connectivity index (χ1) is 12.4. The monoisotopic (exact) mass is 357 g/mol. The lowest BCUT2D eigenvalue weighted by Gasteiger charge is -2.25. The zero-order valence-electron chi connectivity index (χ0n) is 14.9. The average molecular weight is 357 g/mol. The van der Waals surface area contributed by atoms with E-state index in [1.54, 1.807) is 31.1 Å². The van der Waals surface area contributed by atoms with Gasteiger partial charge in [0.25, 0.3) is 5.56 Å². The van der Waals surface area contributed by atoms with Gasteiger partial charge in [0, 0.05) is 27.1 Å². The number of aromatic nitrogens is 4. The van der Waals surface area contributed by atoms with Crippen LogP contribution in [0.3, 0.4) is 0 Å². The number of carbonyl (C=O) groups is 1. The zero-order valence-corrected chi connectivity index (χ0v) is 14.9. The van der Waals surface area contributed by atoms with Gasteiger partial charge in [-0.2, -0.15) is 5.10 Å². The molecule has 0 saturated heterocycles. The van der Waals surface area contributed by atoms with Crippen LogP contribution < -0.4 is 5.56 Å². The fourth-order valence-electron chi connectivity index (χ4n) is 2.80. The van der Waals surface area contributed by atoms with Gasteiger partial charge in [-0.05, 0) is 24.6 Å². The van der Waals surface area contributed by atoms with Crippen LogP contribution in [-0.2, 0) is 18.4 Å². The molecule has 1 amide bonds. The number of fused-ring (bicyclic) bond motifs is 1. The third kappa shape index (κ3) is 3.35. The second-order valence-corrected chi connectivity index (χ2v) is 6.23. The Bertz CT molecular complexity index is 993. The molecule has 0 aliphatic heterocycles. The van der Waals surface area contributed by atoms with Gasteiger partial charge in [-0.15, -0.1) is 0 Å². The summed E-state index contributed by atoms with van der Waals surface area (Å²) in [5.74, 6) is -0.424. The summed E-state index contributed by atoms with van der Waals surface area (Å²) in [6.45, 7) is 2.11. The largest absolute Gasteiger partial charge is 0.339 e. The molecule has 1 aromatic carbocycles. The Morgan fingerprint density at radius 3 is 2.69 bits per heavy atom. The maximum atomic E-state index is 13.0. The number of rotatable bonds is 5. The van der Waals surface area contributed by atoms with Crippen LogP contribution >= 0.6 is 0 Å². The van der Waals surface area contributed by atoms with E-state index in [0.717, 1.165) is 5.56 Å². The van der Waals surface area contributed by atoms with E-state index >= 15 is 0 Å². The standard InChI is InChI=1S/C18H20FN5O2/c1-12(13-4-6-14(19)7-5-13)22(2)16(25)8-9-24-11-20-17-15(18(24)26)10-21-23(17)3/h4-7,10-12H,8-9H2,1-3H3. The minimum atomic E-state index is -0.312. The van der Waals surface area contributed by atoms with Crippen molar-refractivity contribution < 1.29 is 9.18 Å². The van der Waals surface area contributed by atoms with Crippen LogP contribution in [0, 0.1) is 5.82 Å². The molecule has 0 bridgehead atoms. The number of hydrogen-bond donors (Lipinski definition) is 0. The summed E-state index contributed by atoms with van der Waals surface area (Å²) in [5.41, 5.74) is 1.14. The Balaban J connectivity index is 1.69.